The fourth-order valence-corrected chi connectivity index (χ4v) is 2.50. The Morgan fingerprint density at radius 2 is 1.58 bits per heavy atom. The Morgan fingerprint density at radius 1 is 1.00 bits per heavy atom. The number of aliphatic hydroxyl groups is 1. The van der Waals surface area contributed by atoms with E-state index in [0.717, 1.165) is 11.1 Å². The Kier molecular flexibility index (Phi) is 8.21. The third kappa shape index (κ3) is 5.04. The molecule has 0 spiro atoms. The zero-order valence-corrected chi connectivity index (χ0v) is 16.5. The van der Waals surface area contributed by atoms with Gasteiger partial charge in [-0.1, -0.05) is 44.2 Å². The van der Waals surface area contributed by atoms with Crippen LogP contribution in [0.3, 0.4) is 0 Å². The maximum atomic E-state index is 9.68. The first-order valence-electron chi connectivity index (χ1n) is 8.22. The molecule has 0 saturated heterocycles. The van der Waals surface area contributed by atoms with Gasteiger partial charge in [-0.15, -0.1) is 12.4 Å². The van der Waals surface area contributed by atoms with Crippen molar-refractivity contribution >= 4 is 12.4 Å². The molecule has 2 aromatic carbocycles. The molecule has 1 atom stereocenters. The van der Waals surface area contributed by atoms with Crippen molar-refractivity contribution in [2.75, 3.05) is 20.8 Å². The number of halogens is 1. The minimum absolute atomic E-state index is 0. The van der Waals surface area contributed by atoms with Gasteiger partial charge in [0.1, 0.15) is 12.4 Å². The summed E-state index contributed by atoms with van der Waals surface area (Å²) < 4.78 is 16.8. The lowest BCUT2D eigenvalue weighted by molar-refractivity contribution is 0.130. The predicted octanol–water partition coefficient (Wildman–Crippen LogP) is 3.72. The van der Waals surface area contributed by atoms with E-state index in [-0.39, 0.29) is 19.0 Å². The molecule has 3 N–H and O–H groups in total. The quantitative estimate of drug-likeness (QED) is 0.728. The summed E-state index contributed by atoms with van der Waals surface area (Å²) in [6, 6.07) is 13.1. The summed E-state index contributed by atoms with van der Waals surface area (Å²) in [5.74, 6) is 1.77. The summed E-state index contributed by atoms with van der Waals surface area (Å²) in [7, 11) is 3.16. The smallest absolute Gasteiger partial charge is 0.164 e. The molecule has 2 rings (SSSR count). The summed E-state index contributed by atoms with van der Waals surface area (Å²) in [6.45, 7) is 4.20. The van der Waals surface area contributed by atoms with E-state index in [4.69, 9.17) is 19.9 Å². The second-order valence-corrected chi connectivity index (χ2v) is 6.64. The molecule has 0 amide bonds. The molecule has 0 aliphatic heterocycles. The third-order valence-electron chi connectivity index (χ3n) is 4.34. The van der Waals surface area contributed by atoms with Gasteiger partial charge in [0, 0.05) is 29.7 Å². The normalized spacial score (nSPS) is 12.1. The number of benzene rings is 2. The molecule has 0 bridgehead atoms. The molecule has 0 radical (unpaired) electrons. The lowest BCUT2D eigenvalue weighted by Crippen LogP contribution is -2.32. The number of methoxy groups -OCH3 is 2. The third-order valence-corrected chi connectivity index (χ3v) is 4.34. The van der Waals surface area contributed by atoms with Crippen LogP contribution in [0.5, 0.6) is 17.2 Å². The molecule has 5 nitrogen and oxygen atoms in total. The van der Waals surface area contributed by atoms with Crippen LogP contribution >= 0.6 is 12.4 Å². The second-order valence-electron chi connectivity index (χ2n) is 6.64. The topological polar surface area (TPSA) is 73.9 Å². The summed E-state index contributed by atoms with van der Waals surface area (Å²) >= 11 is 0. The molecule has 0 unspecified atom stereocenters. The van der Waals surface area contributed by atoms with Crippen LogP contribution in [0.2, 0.25) is 0 Å². The maximum Gasteiger partial charge on any atom is 0.164 e. The molecular formula is C20H28ClNO4. The summed E-state index contributed by atoms with van der Waals surface area (Å²) in [5, 5.41) is 9.68. The summed E-state index contributed by atoms with van der Waals surface area (Å²) in [6.07, 6.45) is 0. The molecule has 0 aliphatic rings. The number of hydrogen-bond acceptors (Lipinski definition) is 5. The SMILES string of the molecule is COc1cc(OCc2ccccc2)c([C@H](N)C(C)(C)CO)cc1OC.Cl. The van der Waals surface area contributed by atoms with Crippen molar-refractivity contribution in [2.24, 2.45) is 11.1 Å². The summed E-state index contributed by atoms with van der Waals surface area (Å²) in [5.41, 5.74) is 7.75. The van der Waals surface area contributed by atoms with Crippen molar-refractivity contribution in [3.63, 3.8) is 0 Å². The van der Waals surface area contributed by atoms with Crippen LogP contribution in [-0.2, 0) is 6.61 Å². The van der Waals surface area contributed by atoms with Gasteiger partial charge in [0.25, 0.3) is 0 Å². The van der Waals surface area contributed by atoms with E-state index < -0.39 is 11.5 Å². The molecule has 0 aromatic heterocycles. The van der Waals surface area contributed by atoms with Crippen LogP contribution in [0.4, 0.5) is 0 Å². The van der Waals surface area contributed by atoms with Crippen LogP contribution in [0.1, 0.15) is 31.0 Å². The fourth-order valence-electron chi connectivity index (χ4n) is 2.50. The molecule has 0 aliphatic carbocycles. The molecule has 0 saturated carbocycles. The number of ether oxygens (including phenoxy) is 3. The van der Waals surface area contributed by atoms with E-state index in [9.17, 15) is 5.11 Å². The van der Waals surface area contributed by atoms with Crippen molar-refractivity contribution in [3.8, 4) is 17.2 Å². The van der Waals surface area contributed by atoms with E-state index in [1.165, 1.54) is 0 Å². The minimum Gasteiger partial charge on any atom is -0.493 e. The molecule has 0 heterocycles. The number of nitrogens with two attached hydrogens (primary N) is 1. The Hall–Kier alpha value is -1.95. The monoisotopic (exact) mass is 381 g/mol. The van der Waals surface area contributed by atoms with Gasteiger partial charge in [-0.25, -0.2) is 0 Å². The van der Waals surface area contributed by atoms with Gasteiger partial charge in [0.15, 0.2) is 11.5 Å². The molecule has 0 fully saturated rings. The highest BCUT2D eigenvalue weighted by Crippen LogP contribution is 2.42. The molecule has 6 heteroatoms. The number of aliphatic hydroxyl groups excluding tert-OH is 1. The molecule has 2 aromatic rings. The first-order valence-corrected chi connectivity index (χ1v) is 8.22. The lowest BCUT2D eigenvalue weighted by Gasteiger charge is -2.31. The van der Waals surface area contributed by atoms with Crippen LogP contribution in [0.15, 0.2) is 42.5 Å². The van der Waals surface area contributed by atoms with Crippen LogP contribution in [0, 0.1) is 5.41 Å². The Bertz CT molecular complexity index is 692. The average molecular weight is 382 g/mol. The largest absolute Gasteiger partial charge is 0.493 e. The Morgan fingerprint density at radius 3 is 2.12 bits per heavy atom. The zero-order chi connectivity index (χ0) is 18.4. The van der Waals surface area contributed by atoms with Gasteiger partial charge in [-0.3, -0.25) is 0 Å². The van der Waals surface area contributed by atoms with E-state index >= 15 is 0 Å². The minimum atomic E-state index is -0.509. The lowest BCUT2D eigenvalue weighted by atomic mass is 9.81. The zero-order valence-electron chi connectivity index (χ0n) is 15.7. The molecular weight excluding hydrogens is 354 g/mol. The van der Waals surface area contributed by atoms with Crippen molar-refractivity contribution in [2.45, 2.75) is 26.5 Å². The highest BCUT2D eigenvalue weighted by atomic mass is 35.5. The van der Waals surface area contributed by atoms with Crippen molar-refractivity contribution in [1.82, 2.24) is 0 Å². The number of hydrogen-bond donors (Lipinski definition) is 2. The van der Waals surface area contributed by atoms with Gasteiger partial charge < -0.3 is 25.1 Å². The Labute approximate surface area is 161 Å². The van der Waals surface area contributed by atoms with Crippen LogP contribution in [-0.4, -0.2) is 25.9 Å². The van der Waals surface area contributed by atoms with E-state index in [1.807, 2.05) is 50.2 Å². The van der Waals surface area contributed by atoms with Crippen molar-refractivity contribution in [3.05, 3.63) is 53.6 Å². The maximum absolute atomic E-state index is 9.68. The van der Waals surface area contributed by atoms with Crippen molar-refractivity contribution in [1.29, 1.82) is 0 Å². The first-order chi connectivity index (χ1) is 11.9. The molecule has 144 valence electrons. The van der Waals surface area contributed by atoms with Gasteiger partial charge in [0.05, 0.1) is 14.2 Å². The first kappa shape index (κ1) is 22.1. The highest BCUT2D eigenvalue weighted by molar-refractivity contribution is 5.85. The fraction of sp³-hybridized carbons (Fsp3) is 0.400. The van der Waals surface area contributed by atoms with E-state index in [2.05, 4.69) is 0 Å². The van der Waals surface area contributed by atoms with Gasteiger partial charge in [-0.2, -0.15) is 0 Å². The predicted molar refractivity (Wildman–Crippen MR) is 105 cm³/mol. The second kappa shape index (κ2) is 9.67. The van der Waals surface area contributed by atoms with Crippen molar-refractivity contribution < 1.29 is 19.3 Å². The highest BCUT2D eigenvalue weighted by Gasteiger charge is 2.30. The summed E-state index contributed by atoms with van der Waals surface area (Å²) in [4.78, 5) is 0. The van der Waals surface area contributed by atoms with Gasteiger partial charge in [-0.05, 0) is 11.6 Å². The molecule has 26 heavy (non-hydrogen) atoms. The average Bonchev–Trinajstić information content (AvgIpc) is 2.65. The number of rotatable bonds is 8. The van der Waals surface area contributed by atoms with Gasteiger partial charge >= 0.3 is 0 Å². The van der Waals surface area contributed by atoms with Crippen LogP contribution < -0.4 is 19.9 Å². The van der Waals surface area contributed by atoms with Gasteiger partial charge in [0.2, 0.25) is 0 Å². The van der Waals surface area contributed by atoms with E-state index in [0.29, 0.717) is 23.9 Å². The van der Waals surface area contributed by atoms with E-state index in [1.54, 1.807) is 20.3 Å². The van der Waals surface area contributed by atoms with Crippen LogP contribution in [0.25, 0.3) is 0 Å². The standard InChI is InChI=1S/C20H27NO4.ClH/c1-20(2,13-22)19(21)15-10-17(23-3)18(24-4)11-16(15)25-12-14-8-6-5-7-9-14;/h5-11,19,22H,12-13,21H2,1-4H3;1H/t19-;/m0./s1. The Balaban J connectivity index is 0.00000338.